The molecule has 3 aromatic carbocycles. The molecular formula is C34H40N2O5Si. The van der Waals surface area contributed by atoms with E-state index in [0.717, 1.165) is 10.4 Å². The van der Waals surface area contributed by atoms with E-state index in [1.165, 1.54) is 4.90 Å². The van der Waals surface area contributed by atoms with E-state index in [0.29, 0.717) is 17.5 Å². The number of amides is 3. The normalized spacial score (nSPS) is 19.3. The third kappa shape index (κ3) is 5.41. The van der Waals surface area contributed by atoms with Gasteiger partial charge in [-0.1, -0.05) is 93.6 Å². The van der Waals surface area contributed by atoms with Crippen LogP contribution in [-0.4, -0.2) is 66.9 Å². The van der Waals surface area contributed by atoms with Crippen molar-refractivity contribution < 1.29 is 23.5 Å². The van der Waals surface area contributed by atoms with Crippen molar-refractivity contribution in [3.8, 4) is 0 Å². The second-order valence-electron chi connectivity index (χ2n) is 13.2. The zero-order valence-corrected chi connectivity index (χ0v) is 26.3. The minimum atomic E-state index is -2.89. The fourth-order valence-corrected chi connectivity index (χ4v) is 10.9. The van der Waals surface area contributed by atoms with Gasteiger partial charge >= 0.3 is 6.09 Å². The lowest BCUT2D eigenvalue weighted by Gasteiger charge is -2.44. The van der Waals surface area contributed by atoms with Gasteiger partial charge in [0.1, 0.15) is 5.60 Å². The molecular weight excluding hydrogens is 544 g/mol. The lowest BCUT2D eigenvalue weighted by molar-refractivity contribution is 0.0172. The summed E-state index contributed by atoms with van der Waals surface area (Å²) < 4.78 is 13.0. The molecule has 0 bridgehead atoms. The number of fused-ring (bicyclic) bond motifs is 1. The summed E-state index contributed by atoms with van der Waals surface area (Å²) in [7, 11) is -2.89. The van der Waals surface area contributed by atoms with Gasteiger partial charge in [0.05, 0.1) is 29.8 Å². The zero-order chi connectivity index (χ0) is 30.3. The van der Waals surface area contributed by atoms with Crippen LogP contribution in [0, 0.1) is 0 Å². The molecule has 7 nitrogen and oxygen atoms in total. The summed E-state index contributed by atoms with van der Waals surface area (Å²) in [6.45, 7) is 12.5. The van der Waals surface area contributed by atoms with Gasteiger partial charge < -0.3 is 14.1 Å². The van der Waals surface area contributed by atoms with Gasteiger partial charge in [-0.25, -0.2) is 4.79 Å². The first kappa shape index (κ1) is 29.7. The third-order valence-electron chi connectivity index (χ3n) is 8.12. The second kappa shape index (κ2) is 11.2. The Bertz CT molecular complexity index is 1390. The number of benzene rings is 3. The predicted molar refractivity (Wildman–Crippen MR) is 166 cm³/mol. The molecule has 0 spiro atoms. The van der Waals surface area contributed by atoms with E-state index in [9.17, 15) is 14.4 Å². The summed E-state index contributed by atoms with van der Waals surface area (Å²) in [5.41, 5.74) is 0.102. The first-order valence-corrected chi connectivity index (χ1v) is 16.5. The maximum Gasteiger partial charge on any atom is 0.410 e. The molecule has 1 saturated heterocycles. The van der Waals surface area contributed by atoms with E-state index in [-0.39, 0.29) is 30.0 Å². The minimum Gasteiger partial charge on any atom is -0.444 e. The van der Waals surface area contributed by atoms with Gasteiger partial charge in [-0.05, 0) is 54.7 Å². The van der Waals surface area contributed by atoms with E-state index in [1.54, 1.807) is 29.2 Å². The molecule has 2 aliphatic rings. The van der Waals surface area contributed by atoms with Crippen molar-refractivity contribution in [1.82, 2.24) is 9.80 Å². The fourth-order valence-electron chi connectivity index (χ4n) is 6.30. The molecule has 0 saturated carbocycles. The average molecular weight is 585 g/mol. The average Bonchev–Trinajstić information content (AvgIpc) is 3.47. The van der Waals surface area contributed by atoms with Crippen LogP contribution in [0.25, 0.3) is 0 Å². The summed E-state index contributed by atoms with van der Waals surface area (Å²) >= 11 is 0. The molecule has 2 atom stereocenters. The van der Waals surface area contributed by atoms with E-state index in [2.05, 4.69) is 45.0 Å². The Balaban J connectivity index is 1.50. The van der Waals surface area contributed by atoms with E-state index >= 15 is 0 Å². The van der Waals surface area contributed by atoms with Crippen LogP contribution in [0.4, 0.5) is 4.79 Å². The molecule has 42 heavy (non-hydrogen) atoms. The van der Waals surface area contributed by atoms with Crippen LogP contribution < -0.4 is 10.4 Å². The number of likely N-dealkylation sites (tertiary alicyclic amines) is 1. The van der Waals surface area contributed by atoms with Crippen LogP contribution in [0.5, 0.6) is 0 Å². The maximum atomic E-state index is 13.5. The number of hydrogen-bond acceptors (Lipinski definition) is 5. The highest BCUT2D eigenvalue weighted by Gasteiger charge is 2.52. The van der Waals surface area contributed by atoms with E-state index < -0.39 is 32.1 Å². The van der Waals surface area contributed by atoms with Crippen molar-refractivity contribution in [3.05, 3.63) is 96.1 Å². The number of rotatable bonds is 6. The molecule has 0 N–H and O–H groups in total. The van der Waals surface area contributed by atoms with E-state index in [1.807, 2.05) is 57.2 Å². The van der Waals surface area contributed by atoms with Gasteiger partial charge in [-0.15, -0.1) is 0 Å². The molecule has 220 valence electrons. The van der Waals surface area contributed by atoms with Crippen molar-refractivity contribution in [2.24, 2.45) is 0 Å². The van der Waals surface area contributed by atoms with Crippen LogP contribution in [0.3, 0.4) is 0 Å². The Morgan fingerprint density at radius 1 is 0.786 bits per heavy atom. The van der Waals surface area contributed by atoms with Crippen LogP contribution in [0.1, 0.15) is 68.7 Å². The fraction of sp³-hybridized carbons (Fsp3) is 0.382. The van der Waals surface area contributed by atoms with Gasteiger partial charge in [0.15, 0.2) is 0 Å². The van der Waals surface area contributed by atoms with Crippen molar-refractivity contribution in [1.29, 1.82) is 0 Å². The SMILES string of the molecule is CC(C)(C)OC(=O)N1CC(N2C(=O)c3ccccc3C2=O)C[C@H]1CO[Si](c1ccccc1)(c1ccccc1)C(C)(C)C. The maximum absolute atomic E-state index is 13.5. The Morgan fingerprint density at radius 3 is 1.71 bits per heavy atom. The number of carbonyl (C=O) groups is 3. The molecule has 3 amide bonds. The second-order valence-corrected chi connectivity index (χ2v) is 17.5. The Kier molecular flexibility index (Phi) is 7.89. The monoisotopic (exact) mass is 584 g/mol. The molecule has 5 rings (SSSR count). The van der Waals surface area contributed by atoms with Gasteiger partial charge in [0.25, 0.3) is 20.1 Å². The first-order chi connectivity index (χ1) is 19.8. The van der Waals surface area contributed by atoms with Gasteiger partial charge in [0.2, 0.25) is 0 Å². The molecule has 2 heterocycles. The van der Waals surface area contributed by atoms with E-state index in [4.69, 9.17) is 9.16 Å². The zero-order valence-electron chi connectivity index (χ0n) is 25.3. The lowest BCUT2D eigenvalue weighted by Crippen LogP contribution is -2.67. The highest BCUT2D eigenvalue weighted by atomic mass is 28.4. The summed E-state index contributed by atoms with van der Waals surface area (Å²) in [6.07, 6.45) is -0.0687. The molecule has 2 aliphatic heterocycles. The number of imide groups is 1. The molecule has 0 aliphatic carbocycles. The highest BCUT2D eigenvalue weighted by molar-refractivity contribution is 6.99. The molecule has 3 aromatic rings. The Labute approximate surface area is 249 Å². The third-order valence-corrected chi connectivity index (χ3v) is 13.1. The number of nitrogens with zero attached hydrogens (tertiary/aromatic N) is 2. The van der Waals surface area contributed by atoms with Gasteiger partial charge in [0, 0.05) is 6.54 Å². The molecule has 0 aromatic heterocycles. The van der Waals surface area contributed by atoms with Crippen LogP contribution in [0.2, 0.25) is 5.04 Å². The summed E-state index contributed by atoms with van der Waals surface area (Å²) in [6, 6.07) is 26.7. The van der Waals surface area contributed by atoms with Gasteiger partial charge in [-0.3, -0.25) is 14.5 Å². The van der Waals surface area contributed by atoms with Crippen molar-refractivity contribution in [2.75, 3.05) is 13.2 Å². The van der Waals surface area contributed by atoms with Crippen LogP contribution >= 0.6 is 0 Å². The number of hydrogen-bond donors (Lipinski definition) is 0. The summed E-state index contributed by atoms with van der Waals surface area (Å²) in [5, 5.41) is 2.04. The predicted octanol–water partition coefficient (Wildman–Crippen LogP) is 5.24. The molecule has 1 unspecified atom stereocenters. The van der Waals surface area contributed by atoms with Crippen molar-refractivity contribution in [2.45, 2.75) is 70.7 Å². The van der Waals surface area contributed by atoms with Crippen LogP contribution in [0.15, 0.2) is 84.9 Å². The summed E-state index contributed by atoms with van der Waals surface area (Å²) in [4.78, 5) is 43.3. The van der Waals surface area contributed by atoms with Crippen molar-refractivity contribution in [3.63, 3.8) is 0 Å². The Hall–Kier alpha value is -3.75. The first-order valence-electron chi connectivity index (χ1n) is 14.5. The minimum absolute atomic E-state index is 0.190. The van der Waals surface area contributed by atoms with Crippen LogP contribution in [-0.2, 0) is 9.16 Å². The standard InChI is InChI=1S/C34H40N2O5Si/c1-33(2,3)41-32(39)35-22-24(36-30(37)28-19-13-14-20-29(28)31(36)38)21-25(35)23-40-42(34(4,5)6,26-15-9-7-10-16-26)27-17-11-8-12-18-27/h7-20,24-25H,21-23H2,1-6H3/t24?,25-/m0/s1. The van der Waals surface area contributed by atoms with Crippen molar-refractivity contribution >= 4 is 36.6 Å². The molecule has 0 radical (unpaired) electrons. The number of ether oxygens (including phenoxy) is 1. The van der Waals surface area contributed by atoms with Gasteiger partial charge in [-0.2, -0.15) is 0 Å². The quantitative estimate of drug-likeness (QED) is 0.293. The highest BCUT2D eigenvalue weighted by Crippen LogP contribution is 2.38. The molecule has 1 fully saturated rings. The Morgan fingerprint density at radius 2 is 1.26 bits per heavy atom. The number of carbonyl (C=O) groups excluding carboxylic acids is 3. The largest absolute Gasteiger partial charge is 0.444 e. The topological polar surface area (TPSA) is 76.2 Å². The lowest BCUT2D eigenvalue weighted by atomic mass is 10.1. The molecule has 8 heteroatoms. The smallest absolute Gasteiger partial charge is 0.410 e. The summed E-state index contributed by atoms with van der Waals surface area (Å²) in [5.74, 6) is -0.642.